The number of esters is 1. The van der Waals surface area contributed by atoms with Gasteiger partial charge in [-0.25, -0.2) is 0 Å². The van der Waals surface area contributed by atoms with Crippen molar-refractivity contribution in [2.24, 2.45) is 0 Å². The topological polar surface area (TPSA) is 72.5 Å². The van der Waals surface area contributed by atoms with Crippen molar-refractivity contribution >= 4 is 11.5 Å². The molecule has 6 atom stereocenters. The highest BCUT2D eigenvalue weighted by atomic mass is 16.7. The Morgan fingerprint density at radius 2 is 1.11 bits per heavy atom. The van der Waals surface area contributed by atoms with E-state index in [4.69, 9.17) is 28.4 Å². The number of hydrogen-bond acceptors (Lipinski definition) is 7. The Labute approximate surface area is 318 Å². The van der Waals surface area contributed by atoms with Crippen molar-refractivity contribution in [3.63, 3.8) is 0 Å². The summed E-state index contributed by atoms with van der Waals surface area (Å²) in [5, 5.41) is 0. The molecule has 0 amide bonds. The van der Waals surface area contributed by atoms with E-state index in [1.165, 1.54) is 6.92 Å². The average Bonchev–Trinajstić information content (AvgIpc) is 3.22. The van der Waals surface area contributed by atoms with E-state index in [-0.39, 0.29) is 19.8 Å². The van der Waals surface area contributed by atoms with E-state index < -0.39 is 42.8 Å². The van der Waals surface area contributed by atoms with E-state index in [9.17, 15) is 4.79 Å². The van der Waals surface area contributed by atoms with Gasteiger partial charge in [0.1, 0.15) is 18.3 Å². The number of carbonyl (C=O) groups is 1. The zero-order valence-corrected chi connectivity index (χ0v) is 30.7. The predicted molar refractivity (Wildman–Crippen MR) is 210 cm³/mol. The molecule has 0 aromatic heterocycles. The Kier molecular flexibility index (Phi) is 14.5. The monoisotopic (exact) mass is 724 g/mol. The van der Waals surface area contributed by atoms with Gasteiger partial charge < -0.3 is 28.4 Å². The van der Waals surface area contributed by atoms with Crippen LogP contribution in [0.4, 0.5) is 0 Å². The van der Waals surface area contributed by atoms with Gasteiger partial charge in [-0.2, -0.15) is 0 Å². The maximum atomic E-state index is 12.8. The van der Waals surface area contributed by atoms with Crippen LogP contribution in [0.15, 0.2) is 170 Å². The van der Waals surface area contributed by atoms with Crippen molar-refractivity contribution in [1.82, 2.24) is 0 Å². The lowest BCUT2D eigenvalue weighted by atomic mass is 9.96. The van der Waals surface area contributed by atoms with Crippen LogP contribution in [-0.2, 0) is 53.0 Å². The Morgan fingerprint density at radius 1 is 0.648 bits per heavy atom. The maximum Gasteiger partial charge on any atom is 0.303 e. The number of benzene rings is 5. The second-order valence-corrected chi connectivity index (χ2v) is 13.1. The summed E-state index contributed by atoms with van der Waals surface area (Å²) in [7, 11) is 0. The third-order valence-electron chi connectivity index (χ3n) is 9.15. The van der Waals surface area contributed by atoms with Crippen LogP contribution < -0.4 is 0 Å². The van der Waals surface area contributed by atoms with Gasteiger partial charge in [0.2, 0.25) is 0 Å². The van der Waals surface area contributed by atoms with Crippen molar-refractivity contribution in [3.05, 3.63) is 198 Å². The molecule has 0 saturated carbocycles. The summed E-state index contributed by atoms with van der Waals surface area (Å²) < 4.78 is 39.1. The average molecular weight is 725 g/mol. The van der Waals surface area contributed by atoms with Gasteiger partial charge >= 0.3 is 5.97 Å². The molecule has 6 rings (SSSR count). The lowest BCUT2D eigenvalue weighted by molar-refractivity contribution is -0.325. The highest BCUT2D eigenvalue weighted by Gasteiger charge is 2.50. The van der Waals surface area contributed by atoms with E-state index in [0.29, 0.717) is 13.0 Å². The van der Waals surface area contributed by atoms with E-state index >= 15 is 0 Å². The van der Waals surface area contributed by atoms with Crippen LogP contribution in [0.2, 0.25) is 0 Å². The summed E-state index contributed by atoms with van der Waals surface area (Å²) in [6.45, 7) is 6.58. The summed E-state index contributed by atoms with van der Waals surface area (Å²) in [6, 6.07) is 50.2. The molecular formula is C47H48O7. The normalized spacial score (nSPS) is 20.1. The summed E-state index contributed by atoms with van der Waals surface area (Å²) in [5.74, 6) is -0.489. The van der Waals surface area contributed by atoms with Gasteiger partial charge in [-0.3, -0.25) is 4.79 Å². The van der Waals surface area contributed by atoms with Gasteiger partial charge in [-0.15, -0.1) is 6.58 Å². The van der Waals surface area contributed by atoms with Crippen LogP contribution in [0.5, 0.6) is 0 Å². The molecule has 0 aliphatic carbocycles. The number of carbonyl (C=O) groups excluding carboxylic acids is 1. The van der Waals surface area contributed by atoms with Crippen LogP contribution in [-0.4, -0.2) is 49.4 Å². The fourth-order valence-corrected chi connectivity index (χ4v) is 6.48. The largest absolute Gasteiger partial charge is 0.454 e. The fourth-order valence-electron chi connectivity index (χ4n) is 6.48. The second-order valence-electron chi connectivity index (χ2n) is 13.1. The molecule has 278 valence electrons. The second kappa shape index (κ2) is 20.3. The molecule has 7 heteroatoms. The van der Waals surface area contributed by atoms with Crippen molar-refractivity contribution in [2.45, 2.75) is 70.0 Å². The van der Waals surface area contributed by atoms with Gasteiger partial charge in [0.25, 0.3) is 0 Å². The van der Waals surface area contributed by atoms with E-state index in [1.807, 2.05) is 127 Å². The van der Waals surface area contributed by atoms with E-state index in [1.54, 1.807) is 6.08 Å². The number of hydrogen-bond donors (Lipinski definition) is 0. The van der Waals surface area contributed by atoms with Crippen molar-refractivity contribution < 1.29 is 33.2 Å². The van der Waals surface area contributed by atoms with Gasteiger partial charge in [0, 0.05) is 6.92 Å². The molecule has 1 aliphatic heterocycles. The smallest absolute Gasteiger partial charge is 0.303 e. The van der Waals surface area contributed by atoms with Crippen molar-refractivity contribution in [1.29, 1.82) is 0 Å². The number of ether oxygens (including phenoxy) is 6. The molecule has 0 spiro atoms. The fraction of sp³-hybridized carbons (Fsp3) is 0.255. The third-order valence-corrected chi connectivity index (χ3v) is 9.15. The molecule has 1 fully saturated rings. The molecule has 5 aromatic carbocycles. The van der Waals surface area contributed by atoms with Crippen molar-refractivity contribution in [3.8, 4) is 0 Å². The van der Waals surface area contributed by atoms with Crippen molar-refractivity contribution in [2.75, 3.05) is 6.61 Å². The van der Waals surface area contributed by atoms with Gasteiger partial charge in [-0.05, 0) is 39.8 Å². The third kappa shape index (κ3) is 11.2. The van der Waals surface area contributed by atoms with Crippen LogP contribution in [0.1, 0.15) is 41.2 Å². The number of rotatable bonds is 18. The molecule has 7 nitrogen and oxygen atoms in total. The highest BCUT2D eigenvalue weighted by molar-refractivity contribution is 5.79. The zero-order valence-electron chi connectivity index (χ0n) is 30.7. The quantitative estimate of drug-likeness (QED) is 0.0660. The standard InChI is InChI=1S/C47H48O7/c1-3-41(29-30-42(39-25-15-7-16-26-39)40-27-17-8-18-28-40)53-47-46(52-35(2)48)45(51-33-38-23-13-6-14-24-38)44(50-32-37-21-11-5-12-22-37)43(54-47)34-49-31-36-19-9-4-10-20-36/h3-28,30,41,43-47H,1,29,31-34H2,2H3/t41-,43-,44-,45+,46-,47-/m1/s1. The van der Waals surface area contributed by atoms with Crippen LogP contribution in [0, 0.1) is 0 Å². The molecule has 1 heterocycles. The minimum atomic E-state index is -1.02. The molecular weight excluding hydrogens is 677 g/mol. The van der Waals surface area contributed by atoms with Crippen LogP contribution in [0.25, 0.3) is 5.57 Å². The lowest BCUT2D eigenvalue weighted by Crippen LogP contribution is -2.62. The lowest BCUT2D eigenvalue weighted by Gasteiger charge is -2.46. The zero-order chi connectivity index (χ0) is 37.4. The van der Waals surface area contributed by atoms with Gasteiger partial charge in [-0.1, -0.05) is 164 Å². The first-order valence-electron chi connectivity index (χ1n) is 18.4. The molecule has 1 aliphatic rings. The van der Waals surface area contributed by atoms with Gasteiger partial charge in [0.05, 0.1) is 32.5 Å². The predicted octanol–water partition coefficient (Wildman–Crippen LogP) is 9.12. The van der Waals surface area contributed by atoms with Crippen LogP contribution in [0.3, 0.4) is 0 Å². The van der Waals surface area contributed by atoms with E-state index in [2.05, 4.69) is 36.9 Å². The Bertz CT molecular complexity index is 1830. The molecule has 1 saturated heterocycles. The molecule has 0 unspecified atom stereocenters. The van der Waals surface area contributed by atoms with Gasteiger partial charge in [0.15, 0.2) is 12.4 Å². The molecule has 0 radical (unpaired) electrons. The Hall–Kier alpha value is -5.15. The highest BCUT2D eigenvalue weighted by Crippen LogP contribution is 2.33. The molecule has 0 N–H and O–H groups in total. The first-order chi connectivity index (χ1) is 26.6. The minimum Gasteiger partial charge on any atom is -0.454 e. The van der Waals surface area contributed by atoms with Crippen LogP contribution >= 0.6 is 0 Å². The minimum absolute atomic E-state index is 0.178. The summed E-state index contributed by atoms with van der Waals surface area (Å²) in [5.41, 5.74) is 6.22. The summed E-state index contributed by atoms with van der Waals surface area (Å²) in [4.78, 5) is 12.8. The Balaban J connectivity index is 1.30. The Morgan fingerprint density at radius 3 is 1.59 bits per heavy atom. The summed E-state index contributed by atoms with van der Waals surface area (Å²) >= 11 is 0. The summed E-state index contributed by atoms with van der Waals surface area (Å²) in [6.07, 6.45) is -0.207. The van der Waals surface area contributed by atoms with E-state index in [0.717, 1.165) is 33.4 Å². The first kappa shape index (κ1) is 38.6. The molecule has 0 bridgehead atoms. The first-order valence-corrected chi connectivity index (χ1v) is 18.4. The molecule has 54 heavy (non-hydrogen) atoms. The maximum absolute atomic E-state index is 12.8. The molecule has 5 aromatic rings. The SMILES string of the molecule is C=C[C@H](CC=C(c1ccccc1)c1ccccc1)O[C@@H]1O[C@H](COCc2ccccc2)[C@@H](OCc2ccccc2)[C@H](OCc2ccccc2)[C@H]1OC(C)=O.